The Morgan fingerprint density at radius 2 is 0.937 bits per heavy atom. The van der Waals surface area contributed by atoms with Gasteiger partial charge in [-0.05, 0) is 83.5 Å². The van der Waals surface area contributed by atoms with Crippen LogP contribution in [-0.4, -0.2) is 89.0 Å². The molecule has 0 aromatic carbocycles. The topological polar surface area (TPSA) is 152 Å². The Labute approximate surface area is 383 Å². The maximum absolute atomic E-state index is 12.8. The summed E-state index contributed by atoms with van der Waals surface area (Å²) in [6.45, 7) is 3.27. The Hall–Kier alpha value is -2.86. The molecule has 0 bridgehead atoms. The summed E-state index contributed by atoms with van der Waals surface area (Å²) in [6, 6.07) is 0. The number of hydrogen-bond acceptors (Lipinski definition) is 10. The van der Waals surface area contributed by atoms with Gasteiger partial charge in [-0.15, -0.1) is 0 Å². The number of rotatable bonds is 41. The van der Waals surface area contributed by atoms with Crippen LogP contribution in [0.4, 0.5) is 0 Å². The highest BCUT2D eigenvalue weighted by atomic mass is 16.7. The van der Waals surface area contributed by atoms with E-state index >= 15 is 0 Å². The van der Waals surface area contributed by atoms with Crippen LogP contribution in [0.25, 0.3) is 0 Å². The van der Waals surface area contributed by atoms with Gasteiger partial charge in [0.15, 0.2) is 12.4 Å². The van der Waals surface area contributed by atoms with Crippen LogP contribution < -0.4 is 0 Å². The SMILES string of the molecule is CC/C=C\C/C=C\C/C=C\C/C=C\CCCCCCCCCCC(=O)OC(COC(=O)CCCCCCCCC/C=C\C/C=C\CCCCC)COC1OC(CO)C(O)C(O)C1O. The zero-order valence-corrected chi connectivity index (χ0v) is 39.6. The van der Waals surface area contributed by atoms with Gasteiger partial charge in [-0.1, -0.05) is 170 Å². The zero-order chi connectivity index (χ0) is 45.9. The second kappa shape index (κ2) is 43.1. The summed E-state index contributed by atoms with van der Waals surface area (Å²) >= 11 is 0. The van der Waals surface area contributed by atoms with Gasteiger partial charge in [0.2, 0.25) is 0 Å². The molecule has 1 heterocycles. The number of carbonyl (C=O) groups is 2. The van der Waals surface area contributed by atoms with Crippen LogP contribution in [0.2, 0.25) is 0 Å². The van der Waals surface area contributed by atoms with E-state index in [9.17, 15) is 30.0 Å². The first-order valence-corrected chi connectivity index (χ1v) is 25.0. The highest BCUT2D eigenvalue weighted by molar-refractivity contribution is 5.70. The lowest BCUT2D eigenvalue weighted by molar-refractivity contribution is -0.305. The first-order chi connectivity index (χ1) is 30.8. The minimum atomic E-state index is -1.60. The first-order valence-electron chi connectivity index (χ1n) is 25.0. The standard InChI is InChI=1S/C53H90O10/c1-3-5-7-9-11-13-15-17-19-21-22-23-24-26-28-30-32-34-36-38-40-42-49(56)62-46(45-61-53-52(59)51(58)50(57)47(43-54)63-53)44-60-48(55)41-39-37-35-33-31-29-27-25-20-18-16-14-12-10-8-6-4-2/h5,7,11-14,17-20,22-23,46-47,50-54,57-59H,3-4,6,8-10,15-16,21,24-45H2,1-2H3/b7-5-,13-11-,14-12-,19-17-,20-18-,23-22-. The predicted octanol–water partition coefficient (Wildman–Crippen LogP) is 11.6. The van der Waals surface area contributed by atoms with Crippen molar-refractivity contribution in [3.63, 3.8) is 0 Å². The van der Waals surface area contributed by atoms with Crippen molar-refractivity contribution in [2.24, 2.45) is 0 Å². The van der Waals surface area contributed by atoms with Crippen molar-refractivity contribution in [3.05, 3.63) is 72.9 Å². The van der Waals surface area contributed by atoms with Crippen LogP contribution in [0.5, 0.6) is 0 Å². The molecular formula is C53H90O10. The molecule has 4 N–H and O–H groups in total. The van der Waals surface area contributed by atoms with E-state index in [0.717, 1.165) is 83.5 Å². The summed E-state index contributed by atoms with van der Waals surface area (Å²) in [6.07, 6.45) is 47.5. The highest BCUT2D eigenvalue weighted by Gasteiger charge is 2.44. The number of allylic oxidation sites excluding steroid dienone is 12. The normalized spacial score (nSPS) is 20.1. The molecule has 10 nitrogen and oxygen atoms in total. The van der Waals surface area contributed by atoms with E-state index in [4.69, 9.17) is 18.9 Å². The summed E-state index contributed by atoms with van der Waals surface area (Å²) in [4.78, 5) is 25.4. The summed E-state index contributed by atoms with van der Waals surface area (Å²) in [5.41, 5.74) is 0. The quantitative estimate of drug-likeness (QED) is 0.0265. The summed E-state index contributed by atoms with van der Waals surface area (Å²) in [5.74, 6) is -0.827. The van der Waals surface area contributed by atoms with Crippen molar-refractivity contribution in [3.8, 4) is 0 Å². The number of unbranched alkanes of at least 4 members (excludes halogenated alkanes) is 18. The second-order valence-corrected chi connectivity index (χ2v) is 16.9. The molecule has 1 aliphatic rings. The Kier molecular flexibility index (Phi) is 39.7. The minimum Gasteiger partial charge on any atom is -0.462 e. The van der Waals surface area contributed by atoms with Crippen molar-refractivity contribution in [1.29, 1.82) is 0 Å². The van der Waals surface area contributed by atoms with Gasteiger partial charge >= 0.3 is 11.9 Å². The molecule has 0 spiro atoms. The third-order valence-corrected chi connectivity index (χ3v) is 11.1. The lowest BCUT2D eigenvalue weighted by atomic mass is 9.99. The van der Waals surface area contributed by atoms with Crippen molar-refractivity contribution in [1.82, 2.24) is 0 Å². The van der Waals surface area contributed by atoms with Crippen LogP contribution in [-0.2, 0) is 28.5 Å². The van der Waals surface area contributed by atoms with Crippen LogP contribution in [0.15, 0.2) is 72.9 Å². The molecule has 6 atom stereocenters. The maximum Gasteiger partial charge on any atom is 0.306 e. The summed E-state index contributed by atoms with van der Waals surface area (Å²) in [5, 5.41) is 40.2. The van der Waals surface area contributed by atoms with Gasteiger partial charge in [-0.3, -0.25) is 9.59 Å². The molecule has 0 aromatic rings. The van der Waals surface area contributed by atoms with E-state index in [-0.39, 0.29) is 32.0 Å². The zero-order valence-electron chi connectivity index (χ0n) is 39.6. The molecule has 63 heavy (non-hydrogen) atoms. The van der Waals surface area contributed by atoms with E-state index < -0.39 is 49.4 Å². The lowest BCUT2D eigenvalue weighted by Gasteiger charge is -2.39. The molecule has 0 amide bonds. The van der Waals surface area contributed by atoms with Gasteiger partial charge in [0.05, 0.1) is 13.2 Å². The third-order valence-electron chi connectivity index (χ3n) is 11.1. The smallest absolute Gasteiger partial charge is 0.306 e. The summed E-state index contributed by atoms with van der Waals surface area (Å²) in [7, 11) is 0. The van der Waals surface area contributed by atoms with Crippen LogP contribution in [0.1, 0.15) is 194 Å². The molecule has 1 rings (SSSR count). The molecule has 1 saturated heterocycles. The molecule has 1 fully saturated rings. The fourth-order valence-corrected chi connectivity index (χ4v) is 7.15. The van der Waals surface area contributed by atoms with Crippen molar-refractivity contribution < 1.29 is 49.0 Å². The van der Waals surface area contributed by atoms with E-state index in [2.05, 4.69) is 86.8 Å². The molecule has 0 saturated carbocycles. The van der Waals surface area contributed by atoms with Crippen molar-refractivity contribution >= 4 is 11.9 Å². The third kappa shape index (κ3) is 34.2. The van der Waals surface area contributed by atoms with Crippen molar-refractivity contribution in [2.45, 2.75) is 230 Å². The molecular weight excluding hydrogens is 797 g/mol. The largest absolute Gasteiger partial charge is 0.462 e. The highest BCUT2D eigenvalue weighted by Crippen LogP contribution is 2.23. The molecule has 6 unspecified atom stereocenters. The van der Waals surface area contributed by atoms with Crippen LogP contribution >= 0.6 is 0 Å². The van der Waals surface area contributed by atoms with Crippen LogP contribution in [0, 0.1) is 0 Å². The number of aliphatic hydroxyl groups is 4. The van der Waals surface area contributed by atoms with Crippen molar-refractivity contribution in [2.75, 3.05) is 19.8 Å². The number of hydrogen-bond donors (Lipinski definition) is 4. The predicted molar refractivity (Wildman–Crippen MR) is 256 cm³/mol. The Bertz CT molecular complexity index is 1250. The fraction of sp³-hybridized carbons (Fsp3) is 0.736. The lowest BCUT2D eigenvalue weighted by Crippen LogP contribution is -2.59. The Morgan fingerprint density at radius 1 is 0.508 bits per heavy atom. The summed E-state index contributed by atoms with van der Waals surface area (Å²) < 4.78 is 22.2. The second-order valence-electron chi connectivity index (χ2n) is 16.9. The number of ether oxygens (including phenoxy) is 4. The van der Waals surface area contributed by atoms with E-state index in [0.29, 0.717) is 12.8 Å². The van der Waals surface area contributed by atoms with Gasteiger partial charge in [0.25, 0.3) is 0 Å². The molecule has 1 aliphatic heterocycles. The molecule has 0 radical (unpaired) electrons. The van der Waals surface area contributed by atoms with E-state index in [1.807, 2.05) is 0 Å². The number of esters is 2. The average Bonchev–Trinajstić information content (AvgIpc) is 3.28. The van der Waals surface area contributed by atoms with E-state index in [1.54, 1.807) is 0 Å². The molecule has 10 heteroatoms. The molecule has 0 aliphatic carbocycles. The van der Waals surface area contributed by atoms with Gasteiger partial charge in [0, 0.05) is 12.8 Å². The molecule has 0 aromatic heterocycles. The van der Waals surface area contributed by atoms with Gasteiger partial charge in [-0.25, -0.2) is 0 Å². The van der Waals surface area contributed by atoms with E-state index in [1.165, 1.54) is 70.6 Å². The van der Waals surface area contributed by atoms with Gasteiger partial charge in [0.1, 0.15) is 31.0 Å². The van der Waals surface area contributed by atoms with Gasteiger partial charge in [-0.2, -0.15) is 0 Å². The van der Waals surface area contributed by atoms with Gasteiger partial charge < -0.3 is 39.4 Å². The molecule has 362 valence electrons. The minimum absolute atomic E-state index is 0.215. The number of aliphatic hydroxyl groups excluding tert-OH is 4. The average molecular weight is 887 g/mol. The Morgan fingerprint density at radius 3 is 1.41 bits per heavy atom. The Balaban J connectivity index is 2.29. The first kappa shape index (κ1) is 58.2. The fourth-order valence-electron chi connectivity index (χ4n) is 7.15. The maximum atomic E-state index is 12.8. The number of carbonyl (C=O) groups excluding carboxylic acids is 2. The monoisotopic (exact) mass is 887 g/mol. The van der Waals surface area contributed by atoms with Crippen LogP contribution in [0.3, 0.4) is 0 Å².